The van der Waals surface area contributed by atoms with Gasteiger partial charge in [-0.1, -0.05) is 11.8 Å². The van der Waals surface area contributed by atoms with Crippen LogP contribution in [0.5, 0.6) is 17.2 Å². The summed E-state index contributed by atoms with van der Waals surface area (Å²) in [7, 11) is 1.65. The lowest BCUT2D eigenvalue weighted by Gasteiger charge is -2.19. The average molecular weight is 366 g/mol. The SMILES string of the molecule is COc1ccc(-c2nnc3n2NC(c2ccc4c(c2)OCO4)=CS3)cc1. The number of aromatic nitrogens is 3. The van der Waals surface area contributed by atoms with Crippen LogP contribution in [0.3, 0.4) is 0 Å². The van der Waals surface area contributed by atoms with Gasteiger partial charge in [-0.2, -0.15) is 0 Å². The molecule has 0 bridgehead atoms. The molecule has 1 N–H and O–H groups in total. The third kappa shape index (κ3) is 2.46. The highest BCUT2D eigenvalue weighted by molar-refractivity contribution is 8.02. The first kappa shape index (κ1) is 15.2. The van der Waals surface area contributed by atoms with Crippen LogP contribution < -0.4 is 19.6 Å². The smallest absolute Gasteiger partial charge is 0.231 e. The van der Waals surface area contributed by atoms with Crippen LogP contribution in [0.15, 0.2) is 53.0 Å². The van der Waals surface area contributed by atoms with Gasteiger partial charge in [0.05, 0.1) is 12.8 Å². The molecule has 0 radical (unpaired) electrons. The maximum Gasteiger partial charge on any atom is 0.231 e. The third-order valence-corrected chi connectivity index (χ3v) is 5.01. The Morgan fingerprint density at radius 2 is 1.85 bits per heavy atom. The van der Waals surface area contributed by atoms with Crippen LogP contribution in [0.25, 0.3) is 17.1 Å². The number of benzene rings is 2. The lowest BCUT2D eigenvalue weighted by atomic mass is 10.1. The molecule has 0 saturated carbocycles. The lowest BCUT2D eigenvalue weighted by Crippen LogP contribution is -2.18. The van der Waals surface area contributed by atoms with Gasteiger partial charge in [-0.15, -0.1) is 10.2 Å². The molecule has 5 rings (SSSR count). The standard InChI is InChI=1S/C18H14N4O3S/c1-23-13-5-2-11(3-6-13)17-19-20-18-22(17)21-14(9-26-18)12-4-7-15-16(8-12)25-10-24-15/h2-9,21H,10H2,1H3. The summed E-state index contributed by atoms with van der Waals surface area (Å²) in [6.45, 7) is 0.261. The zero-order chi connectivity index (χ0) is 17.5. The Hall–Kier alpha value is -3.13. The summed E-state index contributed by atoms with van der Waals surface area (Å²) in [5, 5.41) is 11.4. The van der Waals surface area contributed by atoms with Crippen LogP contribution in [-0.2, 0) is 0 Å². The molecule has 2 aliphatic rings. The van der Waals surface area contributed by atoms with Crippen molar-refractivity contribution in [2.75, 3.05) is 19.3 Å². The zero-order valence-corrected chi connectivity index (χ0v) is 14.6. The highest BCUT2D eigenvalue weighted by Crippen LogP contribution is 2.37. The van der Waals surface area contributed by atoms with Crippen LogP contribution in [0.1, 0.15) is 5.56 Å². The number of hydrogen-bond acceptors (Lipinski definition) is 7. The molecule has 1 aromatic heterocycles. The molecule has 0 fully saturated rings. The monoisotopic (exact) mass is 366 g/mol. The van der Waals surface area contributed by atoms with Gasteiger partial charge >= 0.3 is 0 Å². The van der Waals surface area contributed by atoms with Gasteiger partial charge in [-0.3, -0.25) is 5.43 Å². The van der Waals surface area contributed by atoms with Crippen LogP contribution in [-0.4, -0.2) is 28.8 Å². The first-order chi connectivity index (χ1) is 12.8. The second-order valence-electron chi connectivity index (χ2n) is 5.70. The van der Waals surface area contributed by atoms with Crippen molar-refractivity contribution in [3.63, 3.8) is 0 Å². The number of methoxy groups -OCH3 is 1. The van der Waals surface area contributed by atoms with Gasteiger partial charge in [0.25, 0.3) is 0 Å². The first-order valence-electron chi connectivity index (χ1n) is 7.95. The number of fused-ring (bicyclic) bond motifs is 2. The molecule has 0 saturated heterocycles. The highest BCUT2D eigenvalue weighted by atomic mass is 32.2. The summed E-state index contributed by atoms with van der Waals surface area (Å²) in [4.78, 5) is 0. The van der Waals surface area contributed by atoms with Crippen molar-refractivity contribution in [2.45, 2.75) is 5.16 Å². The van der Waals surface area contributed by atoms with Crippen LogP contribution >= 0.6 is 11.8 Å². The van der Waals surface area contributed by atoms with E-state index in [1.807, 2.05) is 52.5 Å². The van der Waals surface area contributed by atoms with Crippen molar-refractivity contribution in [1.82, 2.24) is 14.9 Å². The Morgan fingerprint density at radius 3 is 2.69 bits per heavy atom. The van der Waals surface area contributed by atoms with Crippen molar-refractivity contribution >= 4 is 17.5 Å². The zero-order valence-electron chi connectivity index (χ0n) is 13.8. The van der Waals surface area contributed by atoms with E-state index in [0.717, 1.165) is 45.1 Å². The minimum Gasteiger partial charge on any atom is -0.497 e. The predicted molar refractivity (Wildman–Crippen MR) is 97.8 cm³/mol. The van der Waals surface area contributed by atoms with E-state index in [1.54, 1.807) is 7.11 Å². The molecule has 0 aliphatic carbocycles. The number of nitrogens with zero attached hydrogens (tertiary/aromatic N) is 3. The van der Waals surface area contributed by atoms with Gasteiger partial charge in [-0.05, 0) is 42.5 Å². The Bertz CT molecular complexity index is 1010. The van der Waals surface area contributed by atoms with E-state index in [9.17, 15) is 0 Å². The molecule has 130 valence electrons. The predicted octanol–water partition coefficient (Wildman–Crippen LogP) is 3.33. The molecule has 3 heterocycles. The molecule has 0 amide bonds. The van der Waals surface area contributed by atoms with E-state index < -0.39 is 0 Å². The van der Waals surface area contributed by atoms with Crippen molar-refractivity contribution in [1.29, 1.82) is 0 Å². The fourth-order valence-corrected chi connectivity index (χ4v) is 3.57. The van der Waals surface area contributed by atoms with Crippen molar-refractivity contribution in [3.8, 4) is 28.6 Å². The van der Waals surface area contributed by atoms with Crippen molar-refractivity contribution in [2.24, 2.45) is 0 Å². The van der Waals surface area contributed by atoms with Crippen LogP contribution in [0.4, 0.5) is 0 Å². The van der Waals surface area contributed by atoms with Gasteiger partial charge in [0.1, 0.15) is 5.75 Å². The molecule has 2 aromatic carbocycles. The number of ether oxygens (including phenoxy) is 3. The number of thioether (sulfide) groups is 1. The summed E-state index contributed by atoms with van der Waals surface area (Å²) in [5.41, 5.74) is 6.27. The molecular weight excluding hydrogens is 352 g/mol. The number of rotatable bonds is 3. The summed E-state index contributed by atoms with van der Waals surface area (Å²) < 4.78 is 17.9. The summed E-state index contributed by atoms with van der Waals surface area (Å²) >= 11 is 1.52. The summed E-state index contributed by atoms with van der Waals surface area (Å²) in [6.07, 6.45) is 0. The van der Waals surface area contributed by atoms with Gasteiger partial charge in [0.2, 0.25) is 11.9 Å². The lowest BCUT2D eigenvalue weighted by molar-refractivity contribution is 0.174. The third-order valence-electron chi connectivity index (χ3n) is 4.18. The molecule has 7 nitrogen and oxygen atoms in total. The van der Waals surface area contributed by atoms with Crippen LogP contribution in [0.2, 0.25) is 0 Å². The van der Waals surface area contributed by atoms with E-state index in [0.29, 0.717) is 0 Å². The molecule has 8 heteroatoms. The summed E-state index contributed by atoms with van der Waals surface area (Å²) in [5.74, 6) is 3.05. The largest absolute Gasteiger partial charge is 0.497 e. The van der Waals surface area contributed by atoms with E-state index in [1.165, 1.54) is 11.8 Å². The molecule has 2 aliphatic heterocycles. The minimum atomic E-state index is 0.261. The highest BCUT2D eigenvalue weighted by Gasteiger charge is 2.21. The Labute approximate surface area is 153 Å². The topological polar surface area (TPSA) is 70.4 Å². The molecule has 26 heavy (non-hydrogen) atoms. The Kier molecular flexibility index (Phi) is 3.49. The van der Waals surface area contributed by atoms with Crippen molar-refractivity contribution < 1.29 is 14.2 Å². The van der Waals surface area contributed by atoms with Crippen molar-refractivity contribution in [3.05, 3.63) is 53.4 Å². The second-order valence-corrected chi connectivity index (χ2v) is 6.54. The molecule has 0 atom stereocenters. The van der Waals surface area contributed by atoms with Crippen LogP contribution in [0, 0.1) is 0 Å². The maximum absolute atomic E-state index is 5.47. The number of nitrogens with one attached hydrogen (secondary N) is 1. The fourth-order valence-electron chi connectivity index (χ4n) is 2.83. The molecule has 0 unspecified atom stereocenters. The van der Waals surface area contributed by atoms with E-state index >= 15 is 0 Å². The second kappa shape index (κ2) is 5.99. The maximum atomic E-state index is 5.47. The Balaban J connectivity index is 1.47. The van der Waals surface area contributed by atoms with E-state index in [4.69, 9.17) is 14.2 Å². The van der Waals surface area contributed by atoms with Gasteiger partial charge < -0.3 is 14.2 Å². The Morgan fingerprint density at radius 1 is 1.04 bits per heavy atom. The minimum absolute atomic E-state index is 0.261. The van der Waals surface area contributed by atoms with Gasteiger partial charge in [-0.25, -0.2) is 4.68 Å². The van der Waals surface area contributed by atoms with Gasteiger partial charge in [0.15, 0.2) is 17.3 Å². The van der Waals surface area contributed by atoms with E-state index in [2.05, 4.69) is 15.6 Å². The quantitative estimate of drug-likeness (QED) is 0.762. The first-order valence-corrected chi connectivity index (χ1v) is 8.83. The molecule has 0 spiro atoms. The van der Waals surface area contributed by atoms with E-state index in [-0.39, 0.29) is 6.79 Å². The molecule has 3 aromatic rings. The normalized spacial score (nSPS) is 14.4. The average Bonchev–Trinajstić information content (AvgIpc) is 3.33. The number of hydrogen-bond donors (Lipinski definition) is 1. The van der Waals surface area contributed by atoms with Gasteiger partial charge in [0, 0.05) is 16.5 Å². The molecular formula is C18H14N4O3S. The fraction of sp³-hybridized carbons (Fsp3) is 0.111. The summed E-state index contributed by atoms with van der Waals surface area (Å²) in [6, 6.07) is 13.6.